The number of rotatable bonds is 12. The Morgan fingerprint density at radius 1 is 0.909 bits per heavy atom. The molecule has 0 aliphatic rings. The minimum Gasteiger partial charge on any atom is -0.502 e. The van der Waals surface area contributed by atoms with E-state index in [-0.39, 0.29) is 5.75 Å². The molecule has 0 amide bonds. The summed E-state index contributed by atoms with van der Waals surface area (Å²) >= 11 is 0. The lowest BCUT2D eigenvalue weighted by molar-refractivity contribution is 0.339. The fourth-order valence-electron chi connectivity index (χ4n) is 2.49. The maximum absolute atomic E-state index is 9.87. The number of phenolic OH excluding ortho intramolecular Hbond substituents is 1. The van der Waals surface area contributed by atoms with Crippen molar-refractivity contribution in [2.75, 3.05) is 20.8 Å². The Morgan fingerprint density at radius 3 is 2.00 bits per heavy atom. The van der Waals surface area contributed by atoms with Gasteiger partial charge in [0.05, 0.1) is 14.2 Å². The number of benzene rings is 1. The molecule has 1 aromatic rings. The Labute approximate surface area is 134 Å². The van der Waals surface area contributed by atoms with Gasteiger partial charge in [-0.2, -0.15) is 0 Å². The van der Waals surface area contributed by atoms with Gasteiger partial charge < -0.3 is 19.9 Å². The van der Waals surface area contributed by atoms with Gasteiger partial charge in [-0.3, -0.25) is 0 Å². The maximum Gasteiger partial charge on any atom is 0.200 e. The van der Waals surface area contributed by atoms with E-state index >= 15 is 0 Å². The van der Waals surface area contributed by atoms with E-state index in [1.54, 1.807) is 14.2 Å². The largest absolute Gasteiger partial charge is 0.502 e. The van der Waals surface area contributed by atoms with Crippen LogP contribution in [-0.4, -0.2) is 25.9 Å². The minimum absolute atomic E-state index is 0.0563. The second kappa shape index (κ2) is 11.2. The second-order valence-electron chi connectivity index (χ2n) is 5.65. The van der Waals surface area contributed by atoms with Crippen LogP contribution in [-0.2, 0) is 6.54 Å². The molecule has 0 unspecified atom stereocenters. The molecule has 4 heteroatoms. The molecule has 1 rings (SSSR count). The van der Waals surface area contributed by atoms with Gasteiger partial charge >= 0.3 is 0 Å². The Bertz CT molecular complexity index is 396. The second-order valence-corrected chi connectivity index (χ2v) is 5.65. The van der Waals surface area contributed by atoms with E-state index in [2.05, 4.69) is 12.2 Å². The summed E-state index contributed by atoms with van der Waals surface area (Å²) in [6.07, 6.45) is 9.24. The van der Waals surface area contributed by atoms with Crippen molar-refractivity contribution in [3.8, 4) is 17.2 Å². The first-order valence-electron chi connectivity index (χ1n) is 8.37. The van der Waals surface area contributed by atoms with Gasteiger partial charge in [0.15, 0.2) is 11.5 Å². The molecule has 0 radical (unpaired) electrons. The predicted molar refractivity (Wildman–Crippen MR) is 90.9 cm³/mol. The van der Waals surface area contributed by atoms with Gasteiger partial charge in [-0.1, -0.05) is 45.4 Å². The van der Waals surface area contributed by atoms with Crippen LogP contribution in [0.3, 0.4) is 0 Å². The molecular weight excluding hydrogens is 278 g/mol. The summed E-state index contributed by atoms with van der Waals surface area (Å²) in [4.78, 5) is 0. The van der Waals surface area contributed by atoms with Crippen LogP contribution >= 0.6 is 0 Å². The normalized spacial score (nSPS) is 10.7. The SMILES string of the molecule is CCCCCCCCCNCc1cc(OC)c(O)c(OC)c1. The van der Waals surface area contributed by atoms with Crippen molar-refractivity contribution < 1.29 is 14.6 Å². The Kier molecular flexibility index (Phi) is 9.47. The number of aromatic hydroxyl groups is 1. The fraction of sp³-hybridized carbons (Fsp3) is 0.667. The van der Waals surface area contributed by atoms with Crippen LogP contribution in [0.2, 0.25) is 0 Å². The van der Waals surface area contributed by atoms with Crippen LogP contribution < -0.4 is 14.8 Å². The number of hydrogen-bond acceptors (Lipinski definition) is 4. The summed E-state index contributed by atoms with van der Waals surface area (Å²) in [5, 5.41) is 13.3. The minimum atomic E-state index is 0.0563. The van der Waals surface area contributed by atoms with Gasteiger partial charge in [0.1, 0.15) is 0 Å². The van der Waals surface area contributed by atoms with E-state index in [4.69, 9.17) is 9.47 Å². The van der Waals surface area contributed by atoms with Gasteiger partial charge in [-0.25, -0.2) is 0 Å². The van der Waals surface area contributed by atoms with Crippen LogP contribution in [0, 0.1) is 0 Å². The molecule has 0 aliphatic heterocycles. The van der Waals surface area contributed by atoms with E-state index < -0.39 is 0 Å². The molecule has 0 heterocycles. The van der Waals surface area contributed by atoms with Crippen molar-refractivity contribution >= 4 is 0 Å². The monoisotopic (exact) mass is 309 g/mol. The van der Waals surface area contributed by atoms with E-state index in [0.717, 1.165) is 18.7 Å². The molecule has 0 bridgehead atoms. The lowest BCUT2D eigenvalue weighted by Gasteiger charge is -2.12. The van der Waals surface area contributed by atoms with Crippen molar-refractivity contribution in [2.24, 2.45) is 0 Å². The third-order valence-corrected chi connectivity index (χ3v) is 3.83. The Morgan fingerprint density at radius 2 is 1.45 bits per heavy atom. The number of ether oxygens (including phenoxy) is 2. The van der Waals surface area contributed by atoms with Gasteiger partial charge in [0.2, 0.25) is 5.75 Å². The highest BCUT2D eigenvalue weighted by atomic mass is 16.5. The standard InChI is InChI=1S/C18H31NO3/c1-4-5-6-7-8-9-10-11-19-14-15-12-16(21-2)18(20)17(13-15)22-3/h12-13,19-20H,4-11,14H2,1-3H3. The summed E-state index contributed by atoms with van der Waals surface area (Å²) < 4.78 is 10.3. The maximum atomic E-state index is 9.87. The smallest absolute Gasteiger partial charge is 0.200 e. The van der Waals surface area contributed by atoms with Crippen LogP contribution in [0.1, 0.15) is 57.4 Å². The summed E-state index contributed by atoms with van der Waals surface area (Å²) in [6.45, 7) is 4.01. The van der Waals surface area contributed by atoms with Crippen LogP contribution in [0.5, 0.6) is 17.2 Å². The molecule has 4 nitrogen and oxygen atoms in total. The van der Waals surface area contributed by atoms with Crippen molar-refractivity contribution in [1.82, 2.24) is 5.32 Å². The van der Waals surface area contributed by atoms with Crippen molar-refractivity contribution in [3.63, 3.8) is 0 Å². The third-order valence-electron chi connectivity index (χ3n) is 3.83. The molecule has 0 aliphatic carbocycles. The number of methoxy groups -OCH3 is 2. The first kappa shape index (κ1) is 18.6. The average Bonchev–Trinajstić information content (AvgIpc) is 2.54. The molecule has 0 saturated carbocycles. The molecular formula is C18H31NO3. The van der Waals surface area contributed by atoms with Gasteiger partial charge in [0, 0.05) is 6.54 Å². The molecule has 0 saturated heterocycles. The van der Waals surface area contributed by atoms with E-state index in [1.165, 1.54) is 44.9 Å². The average molecular weight is 309 g/mol. The topological polar surface area (TPSA) is 50.7 Å². The number of phenols is 1. The van der Waals surface area contributed by atoms with Crippen LogP contribution in [0.15, 0.2) is 12.1 Å². The Balaban J connectivity index is 2.25. The highest BCUT2D eigenvalue weighted by molar-refractivity contribution is 5.52. The first-order chi connectivity index (χ1) is 10.7. The van der Waals surface area contributed by atoms with Crippen LogP contribution in [0.25, 0.3) is 0 Å². The van der Waals surface area contributed by atoms with Crippen LogP contribution in [0.4, 0.5) is 0 Å². The molecule has 1 aromatic carbocycles. The van der Waals surface area contributed by atoms with E-state index in [1.807, 2.05) is 12.1 Å². The fourth-order valence-corrected chi connectivity index (χ4v) is 2.49. The lowest BCUT2D eigenvalue weighted by atomic mass is 10.1. The Hall–Kier alpha value is -1.42. The van der Waals surface area contributed by atoms with E-state index in [9.17, 15) is 5.11 Å². The number of hydrogen-bond donors (Lipinski definition) is 2. The molecule has 2 N–H and O–H groups in total. The number of unbranched alkanes of at least 4 members (excludes halogenated alkanes) is 6. The van der Waals surface area contributed by atoms with Crippen molar-refractivity contribution in [2.45, 2.75) is 58.4 Å². The summed E-state index contributed by atoms with van der Waals surface area (Å²) in [5.41, 5.74) is 1.05. The molecule has 0 atom stereocenters. The summed E-state index contributed by atoms with van der Waals surface area (Å²) in [6, 6.07) is 3.69. The molecule has 0 spiro atoms. The first-order valence-corrected chi connectivity index (χ1v) is 8.37. The lowest BCUT2D eigenvalue weighted by Crippen LogP contribution is -2.14. The van der Waals surface area contributed by atoms with Crippen molar-refractivity contribution in [3.05, 3.63) is 17.7 Å². The summed E-state index contributed by atoms with van der Waals surface area (Å²) in [5.74, 6) is 0.958. The van der Waals surface area contributed by atoms with Gasteiger partial charge in [-0.15, -0.1) is 0 Å². The van der Waals surface area contributed by atoms with Crippen molar-refractivity contribution in [1.29, 1.82) is 0 Å². The number of nitrogens with one attached hydrogen (secondary N) is 1. The quantitative estimate of drug-likeness (QED) is 0.567. The molecule has 0 aromatic heterocycles. The summed E-state index contributed by atoms with van der Waals surface area (Å²) in [7, 11) is 3.09. The highest BCUT2D eigenvalue weighted by Gasteiger charge is 2.10. The third kappa shape index (κ3) is 6.56. The molecule has 0 fully saturated rings. The van der Waals surface area contributed by atoms with E-state index in [0.29, 0.717) is 11.5 Å². The zero-order chi connectivity index (χ0) is 16.2. The van der Waals surface area contributed by atoms with Gasteiger partial charge in [0.25, 0.3) is 0 Å². The predicted octanol–water partition coefficient (Wildman–Crippen LogP) is 4.25. The zero-order valence-corrected chi connectivity index (χ0v) is 14.3. The highest BCUT2D eigenvalue weighted by Crippen LogP contribution is 2.36. The zero-order valence-electron chi connectivity index (χ0n) is 14.3. The molecule has 22 heavy (non-hydrogen) atoms. The van der Waals surface area contributed by atoms with Gasteiger partial charge in [-0.05, 0) is 30.7 Å². The molecule has 126 valence electrons.